The van der Waals surface area contributed by atoms with Gasteiger partial charge >= 0.3 is 0 Å². The second kappa shape index (κ2) is 8.80. The van der Waals surface area contributed by atoms with E-state index in [1.807, 2.05) is 36.4 Å². The van der Waals surface area contributed by atoms with E-state index in [4.69, 9.17) is 4.74 Å². The van der Waals surface area contributed by atoms with Crippen LogP contribution in [0.2, 0.25) is 0 Å². The topological polar surface area (TPSA) is 76.8 Å². The van der Waals surface area contributed by atoms with Gasteiger partial charge in [-0.1, -0.05) is 43.7 Å². The minimum Gasteiger partial charge on any atom is -0.493 e. The maximum absolute atomic E-state index is 10.7. The molecule has 0 saturated carbocycles. The minimum absolute atomic E-state index is 0.0465. The van der Waals surface area contributed by atoms with Gasteiger partial charge in [-0.2, -0.15) is 5.10 Å². The number of nitrogens with one attached hydrogen (secondary N) is 1. The minimum atomic E-state index is -0.428. The Hall–Kier alpha value is -3.41. The summed E-state index contributed by atoms with van der Waals surface area (Å²) in [5.74, 6) is 0.788. The van der Waals surface area contributed by atoms with E-state index >= 15 is 0 Å². The van der Waals surface area contributed by atoms with Crippen LogP contribution >= 0.6 is 0 Å². The van der Waals surface area contributed by atoms with Gasteiger partial charge in [-0.25, -0.2) is 0 Å². The van der Waals surface area contributed by atoms with Crippen molar-refractivity contribution in [3.63, 3.8) is 0 Å². The molecule has 0 heterocycles. The first-order chi connectivity index (χ1) is 13.2. The summed E-state index contributed by atoms with van der Waals surface area (Å²) in [4.78, 5) is 10.3. The second-order valence-corrected chi connectivity index (χ2v) is 6.07. The smallest absolute Gasteiger partial charge is 0.269 e. The second-order valence-electron chi connectivity index (χ2n) is 6.07. The fourth-order valence-corrected chi connectivity index (χ4v) is 2.69. The van der Waals surface area contributed by atoms with E-state index in [1.54, 1.807) is 18.3 Å². The van der Waals surface area contributed by atoms with Crippen molar-refractivity contribution in [2.75, 3.05) is 12.0 Å². The van der Waals surface area contributed by atoms with Gasteiger partial charge in [-0.3, -0.25) is 15.5 Å². The lowest BCUT2D eigenvalue weighted by Gasteiger charge is -2.11. The van der Waals surface area contributed by atoms with Crippen LogP contribution in [-0.4, -0.2) is 17.7 Å². The van der Waals surface area contributed by atoms with Gasteiger partial charge < -0.3 is 4.74 Å². The zero-order chi connectivity index (χ0) is 19.1. The third-order valence-corrected chi connectivity index (χ3v) is 4.15. The predicted molar refractivity (Wildman–Crippen MR) is 109 cm³/mol. The van der Waals surface area contributed by atoms with Crippen molar-refractivity contribution in [3.05, 3.63) is 76.3 Å². The monoisotopic (exact) mass is 363 g/mol. The molecule has 0 aliphatic heterocycles. The van der Waals surface area contributed by atoms with E-state index in [0.29, 0.717) is 12.3 Å². The number of anilines is 1. The van der Waals surface area contributed by atoms with Gasteiger partial charge in [0, 0.05) is 17.7 Å². The maximum Gasteiger partial charge on any atom is 0.269 e. The molecule has 0 spiro atoms. The van der Waals surface area contributed by atoms with Crippen LogP contribution in [0.5, 0.6) is 5.75 Å². The van der Waals surface area contributed by atoms with Gasteiger partial charge in [-0.15, -0.1) is 0 Å². The summed E-state index contributed by atoms with van der Waals surface area (Å²) >= 11 is 0. The molecule has 0 radical (unpaired) electrons. The van der Waals surface area contributed by atoms with E-state index in [9.17, 15) is 10.1 Å². The fraction of sp³-hybridized carbons (Fsp3) is 0.190. The van der Waals surface area contributed by atoms with Crippen LogP contribution in [0.25, 0.3) is 10.8 Å². The van der Waals surface area contributed by atoms with Gasteiger partial charge in [0.25, 0.3) is 5.69 Å². The average molecular weight is 363 g/mol. The molecule has 0 aliphatic rings. The summed E-state index contributed by atoms with van der Waals surface area (Å²) in [6.07, 6.45) is 3.79. The number of ether oxygens (including phenoxy) is 1. The number of nitro groups is 1. The molecule has 6 heteroatoms. The molecule has 0 aliphatic carbocycles. The molecule has 0 aromatic heterocycles. The number of hydrogen-bond donors (Lipinski definition) is 1. The first-order valence-electron chi connectivity index (χ1n) is 8.87. The number of unbranched alkanes of at least 4 members (excludes halogenated alkanes) is 1. The number of rotatable bonds is 8. The van der Waals surface area contributed by atoms with Crippen LogP contribution in [0.1, 0.15) is 25.3 Å². The summed E-state index contributed by atoms with van der Waals surface area (Å²) in [5.41, 5.74) is 4.53. The third kappa shape index (κ3) is 4.61. The molecule has 3 aromatic carbocycles. The number of non-ortho nitro benzene ring substituents is 1. The highest BCUT2D eigenvalue weighted by Crippen LogP contribution is 2.27. The lowest BCUT2D eigenvalue weighted by Crippen LogP contribution is -2.01. The molecule has 0 bridgehead atoms. The Morgan fingerprint density at radius 3 is 2.63 bits per heavy atom. The molecular weight excluding hydrogens is 342 g/mol. The van der Waals surface area contributed by atoms with E-state index in [-0.39, 0.29) is 5.69 Å². The normalized spacial score (nSPS) is 11.0. The lowest BCUT2D eigenvalue weighted by atomic mass is 10.0. The van der Waals surface area contributed by atoms with Gasteiger partial charge in [0.2, 0.25) is 0 Å². The summed E-state index contributed by atoms with van der Waals surface area (Å²) in [7, 11) is 0. The Kier molecular flexibility index (Phi) is 5.99. The number of hydrogen-bond acceptors (Lipinski definition) is 5. The highest BCUT2D eigenvalue weighted by molar-refractivity contribution is 6.02. The first-order valence-corrected chi connectivity index (χ1v) is 8.87. The zero-order valence-corrected chi connectivity index (χ0v) is 15.1. The molecule has 0 saturated heterocycles. The number of hydrazone groups is 1. The van der Waals surface area contributed by atoms with Crippen LogP contribution in [-0.2, 0) is 0 Å². The Labute approximate surface area is 157 Å². The SMILES string of the molecule is CCCCOc1ccc2ccccc2c1/C=N/Nc1ccc([N+](=O)[O-])cc1. The summed E-state index contributed by atoms with van der Waals surface area (Å²) < 4.78 is 5.94. The van der Waals surface area contributed by atoms with Crippen LogP contribution in [0.15, 0.2) is 65.8 Å². The highest BCUT2D eigenvalue weighted by Gasteiger charge is 2.07. The highest BCUT2D eigenvalue weighted by atomic mass is 16.6. The van der Waals surface area contributed by atoms with Crippen molar-refractivity contribution < 1.29 is 9.66 Å². The number of nitrogens with zero attached hydrogens (tertiary/aromatic N) is 2. The predicted octanol–water partition coefficient (Wildman–Crippen LogP) is 5.37. The van der Waals surface area contributed by atoms with Crippen molar-refractivity contribution in [2.24, 2.45) is 5.10 Å². The number of benzene rings is 3. The number of fused-ring (bicyclic) bond motifs is 1. The Bertz CT molecular complexity index is 953. The van der Waals surface area contributed by atoms with E-state index in [1.165, 1.54) is 12.1 Å². The Morgan fingerprint density at radius 1 is 1.11 bits per heavy atom. The molecule has 0 amide bonds. The maximum atomic E-state index is 10.7. The van der Waals surface area contributed by atoms with Crippen molar-refractivity contribution in [1.29, 1.82) is 0 Å². The summed E-state index contributed by atoms with van der Waals surface area (Å²) in [6.45, 7) is 2.78. The molecule has 3 aromatic rings. The largest absolute Gasteiger partial charge is 0.493 e. The quantitative estimate of drug-likeness (QED) is 0.252. The molecule has 0 unspecified atom stereocenters. The van der Waals surface area contributed by atoms with Crippen molar-refractivity contribution in [3.8, 4) is 5.75 Å². The van der Waals surface area contributed by atoms with Crippen LogP contribution < -0.4 is 10.2 Å². The van der Waals surface area contributed by atoms with Crippen LogP contribution in [0, 0.1) is 10.1 Å². The van der Waals surface area contributed by atoms with E-state index < -0.39 is 4.92 Å². The number of nitro benzene ring substituents is 1. The van der Waals surface area contributed by atoms with Crippen LogP contribution in [0.4, 0.5) is 11.4 Å². The van der Waals surface area contributed by atoms with Gasteiger partial charge in [0.1, 0.15) is 5.75 Å². The van der Waals surface area contributed by atoms with Crippen molar-refractivity contribution >= 4 is 28.4 Å². The zero-order valence-electron chi connectivity index (χ0n) is 15.1. The Balaban J connectivity index is 1.83. The summed E-state index contributed by atoms with van der Waals surface area (Å²) in [5, 5.41) is 17.2. The van der Waals surface area contributed by atoms with Gasteiger partial charge in [0.15, 0.2) is 0 Å². The molecule has 0 atom stereocenters. The standard InChI is InChI=1S/C21H21N3O3/c1-2-3-14-27-21-13-8-16-6-4-5-7-19(16)20(21)15-22-23-17-9-11-18(12-10-17)24(25)26/h4-13,15,23H,2-3,14H2,1H3/b22-15+. The molecular formula is C21H21N3O3. The first kappa shape index (κ1) is 18.4. The summed E-state index contributed by atoms with van der Waals surface area (Å²) in [6, 6.07) is 18.2. The molecule has 0 fully saturated rings. The molecule has 1 N–H and O–H groups in total. The van der Waals surface area contributed by atoms with Crippen molar-refractivity contribution in [2.45, 2.75) is 19.8 Å². The molecule has 3 rings (SSSR count). The van der Waals surface area contributed by atoms with Crippen LogP contribution in [0.3, 0.4) is 0 Å². The molecule has 6 nitrogen and oxygen atoms in total. The molecule has 138 valence electrons. The molecule has 27 heavy (non-hydrogen) atoms. The fourth-order valence-electron chi connectivity index (χ4n) is 2.69. The van der Waals surface area contributed by atoms with Gasteiger partial charge in [-0.05, 0) is 35.4 Å². The third-order valence-electron chi connectivity index (χ3n) is 4.15. The average Bonchev–Trinajstić information content (AvgIpc) is 2.69. The Morgan fingerprint density at radius 2 is 1.89 bits per heavy atom. The van der Waals surface area contributed by atoms with E-state index in [0.717, 1.165) is 34.9 Å². The van der Waals surface area contributed by atoms with E-state index in [2.05, 4.69) is 17.5 Å². The lowest BCUT2D eigenvalue weighted by molar-refractivity contribution is -0.384. The van der Waals surface area contributed by atoms with Crippen molar-refractivity contribution in [1.82, 2.24) is 0 Å². The van der Waals surface area contributed by atoms with Gasteiger partial charge in [0.05, 0.1) is 23.4 Å².